The van der Waals surface area contributed by atoms with Crippen molar-refractivity contribution in [1.82, 2.24) is 0 Å². The number of hydrogen-bond acceptors (Lipinski definition) is 2. The van der Waals surface area contributed by atoms with Gasteiger partial charge in [-0.1, -0.05) is 12.1 Å². The predicted octanol–water partition coefficient (Wildman–Crippen LogP) is 2.52. The smallest absolute Gasteiger partial charge is 0.142 e. The minimum absolute atomic E-state index is 0.542. The van der Waals surface area contributed by atoms with Gasteiger partial charge in [-0.2, -0.15) is 0 Å². The zero-order valence-corrected chi connectivity index (χ0v) is 7.51. The van der Waals surface area contributed by atoms with Gasteiger partial charge in [0, 0.05) is 18.5 Å². The third-order valence-electron chi connectivity index (χ3n) is 2.32. The molecule has 0 spiro atoms. The van der Waals surface area contributed by atoms with E-state index in [4.69, 9.17) is 4.74 Å². The van der Waals surface area contributed by atoms with Crippen LogP contribution in [0.25, 0.3) is 0 Å². The van der Waals surface area contributed by atoms with Gasteiger partial charge in [0.25, 0.3) is 0 Å². The van der Waals surface area contributed by atoms with Crippen molar-refractivity contribution in [1.29, 1.82) is 0 Å². The van der Waals surface area contributed by atoms with Crippen LogP contribution in [0.5, 0.6) is 5.75 Å². The van der Waals surface area contributed by atoms with Crippen LogP contribution in [0.3, 0.4) is 0 Å². The van der Waals surface area contributed by atoms with E-state index in [1.807, 2.05) is 12.1 Å². The van der Waals surface area contributed by atoms with Gasteiger partial charge in [-0.25, -0.2) is 4.39 Å². The first-order valence-corrected chi connectivity index (χ1v) is 4.38. The molecule has 0 aromatic heterocycles. The standard InChI is InChI=1S/C10H12FNO/c1-13-9-4-2-3-7-8(11)5-6-12-10(7)9/h2-4,8,12H,5-6H2,1H3. The molecule has 1 N–H and O–H groups in total. The van der Waals surface area contributed by atoms with Gasteiger partial charge in [0.15, 0.2) is 0 Å². The quantitative estimate of drug-likeness (QED) is 0.718. The number of methoxy groups -OCH3 is 1. The summed E-state index contributed by atoms with van der Waals surface area (Å²) in [5, 5.41) is 3.15. The van der Waals surface area contributed by atoms with E-state index in [1.54, 1.807) is 13.2 Å². The van der Waals surface area contributed by atoms with Gasteiger partial charge in [0.2, 0.25) is 0 Å². The second kappa shape index (κ2) is 3.24. The zero-order chi connectivity index (χ0) is 9.26. The number of hydrogen-bond donors (Lipinski definition) is 1. The van der Waals surface area contributed by atoms with E-state index in [2.05, 4.69) is 5.32 Å². The Morgan fingerprint density at radius 3 is 3.15 bits per heavy atom. The van der Waals surface area contributed by atoms with E-state index < -0.39 is 6.17 Å². The first-order chi connectivity index (χ1) is 6.33. The maximum atomic E-state index is 13.4. The third kappa shape index (κ3) is 1.34. The Morgan fingerprint density at radius 1 is 1.54 bits per heavy atom. The number of alkyl halides is 1. The largest absolute Gasteiger partial charge is 0.495 e. The van der Waals surface area contributed by atoms with Crippen LogP contribution < -0.4 is 10.1 Å². The summed E-state index contributed by atoms with van der Waals surface area (Å²) in [5.41, 5.74) is 1.52. The summed E-state index contributed by atoms with van der Waals surface area (Å²) in [7, 11) is 1.60. The molecule has 0 fully saturated rings. The van der Waals surface area contributed by atoms with Gasteiger partial charge in [-0.15, -0.1) is 0 Å². The zero-order valence-electron chi connectivity index (χ0n) is 7.51. The third-order valence-corrected chi connectivity index (χ3v) is 2.32. The molecule has 0 saturated heterocycles. The first kappa shape index (κ1) is 8.35. The van der Waals surface area contributed by atoms with Crippen molar-refractivity contribution >= 4 is 5.69 Å². The molecule has 2 rings (SSSR count). The normalized spacial score (nSPS) is 20.3. The lowest BCUT2D eigenvalue weighted by Gasteiger charge is -2.22. The monoisotopic (exact) mass is 181 g/mol. The van der Waals surface area contributed by atoms with Gasteiger partial charge in [0.05, 0.1) is 12.8 Å². The molecule has 1 heterocycles. The van der Waals surface area contributed by atoms with Crippen molar-refractivity contribution in [2.45, 2.75) is 12.6 Å². The first-order valence-electron chi connectivity index (χ1n) is 4.38. The number of para-hydroxylation sites is 1. The van der Waals surface area contributed by atoms with Crippen LogP contribution in [0.4, 0.5) is 10.1 Å². The molecular weight excluding hydrogens is 169 g/mol. The number of nitrogens with one attached hydrogen (secondary N) is 1. The summed E-state index contributed by atoms with van der Waals surface area (Å²) in [6.45, 7) is 0.675. The summed E-state index contributed by atoms with van der Waals surface area (Å²) in [6.07, 6.45) is -0.313. The topological polar surface area (TPSA) is 21.3 Å². The van der Waals surface area contributed by atoms with Crippen molar-refractivity contribution in [2.24, 2.45) is 0 Å². The van der Waals surface area contributed by atoms with Gasteiger partial charge >= 0.3 is 0 Å². The number of anilines is 1. The van der Waals surface area contributed by atoms with Crippen molar-refractivity contribution in [3.8, 4) is 5.75 Å². The Kier molecular flexibility index (Phi) is 2.08. The van der Waals surface area contributed by atoms with E-state index in [-0.39, 0.29) is 0 Å². The average molecular weight is 181 g/mol. The summed E-state index contributed by atoms with van der Waals surface area (Å²) in [5.74, 6) is 0.722. The molecule has 70 valence electrons. The number of halogens is 1. The summed E-state index contributed by atoms with van der Waals surface area (Å²) in [4.78, 5) is 0. The molecular formula is C10H12FNO. The molecule has 1 aliphatic heterocycles. The van der Waals surface area contributed by atoms with E-state index in [0.717, 1.165) is 11.4 Å². The van der Waals surface area contributed by atoms with Crippen LogP contribution in [0.2, 0.25) is 0 Å². The van der Waals surface area contributed by atoms with Crippen molar-refractivity contribution in [3.05, 3.63) is 23.8 Å². The van der Waals surface area contributed by atoms with Gasteiger partial charge < -0.3 is 10.1 Å². The molecule has 1 atom stereocenters. The molecule has 0 aliphatic carbocycles. The van der Waals surface area contributed by atoms with E-state index in [0.29, 0.717) is 18.5 Å². The van der Waals surface area contributed by atoms with E-state index in [9.17, 15) is 4.39 Å². The highest BCUT2D eigenvalue weighted by Crippen LogP contribution is 2.38. The lowest BCUT2D eigenvalue weighted by Crippen LogP contribution is -2.14. The lowest BCUT2D eigenvalue weighted by molar-refractivity contribution is 0.322. The Hall–Kier alpha value is -1.25. The lowest BCUT2D eigenvalue weighted by atomic mass is 10.0. The molecule has 13 heavy (non-hydrogen) atoms. The molecule has 1 aromatic carbocycles. The highest BCUT2D eigenvalue weighted by molar-refractivity contribution is 5.64. The van der Waals surface area contributed by atoms with Crippen molar-refractivity contribution in [2.75, 3.05) is 19.0 Å². The van der Waals surface area contributed by atoms with E-state index in [1.165, 1.54) is 0 Å². The maximum Gasteiger partial charge on any atom is 0.142 e. The van der Waals surface area contributed by atoms with Crippen LogP contribution in [-0.2, 0) is 0 Å². The van der Waals surface area contributed by atoms with Crippen LogP contribution in [0.15, 0.2) is 18.2 Å². The molecule has 3 heteroatoms. The second-order valence-electron chi connectivity index (χ2n) is 3.11. The van der Waals surface area contributed by atoms with Crippen LogP contribution in [0.1, 0.15) is 18.2 Å². The Bertz CT molecular complexity index is 314. The average Bonchev–Trinajstić information content (AvgIpc) is 2.18. The SMILES string of the molecule is COc1cccc2c1NCCC2F. The molecule has 0 bridgehead atoms. The van der Waals surface area contributed by atoms with E-state index >= 15 is 0 Å². The molecule has 2 nitrogen and oxygen atoms in total. The minimum atomic E-state index is -0.855. The Balaban J connectivity index is 2.48. The van der Waals surface area contributed by atoms with Crippen LogP contribution >= 0.6 is 0 Å². The molecule has 0 amide bonds. The molecule has 0 radical (unpaired) electrons. The van der Waals surface area contributed by atoms with Crippen LogP contribution in [-0.4, -0.2) is 13.7 Å². The van der Waals surface area contributed by atoms with Crippen molar-refractivity contribution in [3.63, 3.8) is 0 Å². The van der Waals surface area contributed by atoms with Gasteiger partial charge in [0.1, 0.15) is 11.9 Å². The molecule has 1 aliphatic rings. The Labute approximate surface area is 76.7 Å². The van der Waals surface area contributed by atoms with Crippen LogP contribution in [0, 0.1) is 0 Å². The molecule has 0 saturated carbocycles. The number of benzene rings is 1. The summed E-state index contributed by atoms with van der Waals surface area (Å²) >= 11 is 0. The number of fused-ring (bicyclic) bond motifs is 1. The fourth-order valence-corrected chi connectivity index (χ4v) is 1.65. The van der Waals surface area contributed by atoms with Gasteiger partial charge in [-0.05, 0) is 6.07 Å². The predicted molar refractivity (Wildman–Crippen MR) is 49.9 cm³/mol. The number of rotatable bonds is 1. The fraction of sp³-hybridized carbons (Fsp3) is 0.400. The van der Waals surface area contributed by atoms with Crippen molar-refractivity contribution < 1.29 is 9.13 Å². The van der Waals surface area contributed by atoms with Gasteiger partial charge in [-0.3, -0.25) is 0 Å². The highest BCUT2D eigenvalue weighted by atomic mass is 19.1. The second-order valence-corrected chi connectivity index (χ2v) is 3.11. The molecule has 1 aromatic rings. The highest BCUT2D eigenvalue weighted by Gasteiger charge is 2.21. The Morgan fingerprint density at radius 2 is 2.38 bits per heavy atom. The minimum Gasteiger partial charge on any atom is -0.495 e. The fourth-order valence-electron chi connectivity index (χ4n) is 1.65. The molecule has 1 unspecified atom stereocenters. The summed E-state index contributed by atoms with van der Waals surface area (Å²) < 4.78 is 18.5. The maximum absolute atomic E-state index is 13.4. The summed E-state index contributed by atoms with van der Waals surface area (Å²) in [6, 6.07) is 5.45. The number of ether oxygens (including phenoxy) is 1.